The maximum Gasteiger partial charge on any atom is 0.296 e. The number of nitrogens with zero attached hydrogens (tertiary/aromatic N) is 23. The first-order valence-corrected chi connectivity index (χ1v) is 50.0. The highest BCUT2D eigenvalue weighted by Crippen LogP contribution is 2.41. The number of anilines is 6. The van der Waals surface area contributed by atoms with Crippen molar-refractivity contribution in [3.63, 3.8) is 0 Å². The summed E-state index contributed by atoms with van der Waals surface area (Å²) in [7, 11) is -21.2. The van der Waals surface area contributed by atoms with Crippen molar-refractivity contribution in [1.82, 2.24) is 29.9 Å². The van der Waals surface area contributed by atoms with Crippen LogP contribution in [0.15, 0.2) is 356 Å². The molecule has 8 N–H and O–H groups in total. The molecule has 0 aliphatic rings. The summed E-state index contributed by atoms with van der Waals surface area (Å²) in [6, 6.07) is 66.3. The molecule has 0 spiro atoms. The van der Waals surface area contributed by atoms with Gasteiger partial charge in [-0.3, -0.25) is 22.8 Å². The van der Waals surface area contributed by atoms with Gasteiger partial charge in [-0.05, 0) is 262 Å². The van der Waals surface area contributed by atoms with Gasteiger partial charge in [-0.15, -0.1) is 10.2 Å². The van der Waals surface area contributed by atoms with Crippen LogP contribution in [0.2, 0.25) is 0 Å². The molecule has 2 heterocycles. The van der Waals surface area contributed by atoms with Crippen molar-refractivity contribution in [1.29, 1.82) is 0 Å². The SMILES string of the molecule is CCCOc1cc(N=Nc2ccc(N=Nc3ccccc3)cc2S(=O)(=O)O)c(C)cc1Cc1nc(Cc2ccc(N=Nc3ccc(N=Nc4ccc(S(=O)(=O)O)cc4)cc3)c(C)c2)nc(NCCN(C)c2nc(Nc3ccc(N=Nc4ccc(N=Nc5ccccc5)cc4S(=O)(=O)O)c(C)c3)nc(Nc3cc(C)c(N=Nc4ccc(N=Nc5ccc(S(=O)(=O)O)cc5)cc4)cc3OCCCS(=O)(=O)O)n2)n1. The number of likely N-dealkylation sites (N-methyl/N-ethyl adjacent to an activating group) is 1. The number of aryl methyl sites for hydroxylation is 4. The molecule has 14 rings (SSSR count). The number of nitrogens with one attached hydrogen (secondary N) is 3. The van der Waals surface area contributed by atoms with Crippen molar-refractivity contribution in [3.05, 3.63) is 300 Å². The second-order valence-electron chi connectivity index (χ2n) is 31.1. The van der Waals surface area contributed by atoms with Crippen LogP contribution in [-0.4, -0.2) is 134 Å². The molecule has 141 heavy (non-hydrogen) atoms. The van der Waals surface area contributed by atoms with Crippen LogP contribution in [0.1, 0.15) is 64.8 Å². The predicted molar refractivity (Wildman–Crippen MR) is 525 cm³/mol. The van der Waals surface area contributed by atoms with Gasteiger partial charge in [0.2, 0.25) is 23.8 Å². The second-order valence-corrected chi connectivity index (χ2v) is 38.3. The molecule has 12 aromatic carbocycles. The molecule has 0 radical (unpaired) electrons. The third-order valence-electron chi connectivity index (χ3n) is 20.2. The fourth-order valence-electron chi connectivity index (χ4n) is 13.1. The van der Waals surface area contributed by atoms with Crippen LogP contribution in [0.4, 0.5) is 126 Å². The minimum atomic E-state index is -4.86. The van der Waals surface area contributed by atoms with Crippen LogP contribution in [-0.2, 0) is 63.4 Å². The van der Waals surface area contributed by atoms with Gasteiger partial charge in [-0.2, -0.15) is 139 Å². The maximum atomic E-state index is 12.9. The summed E-state index contributed by atoms with van der Waals surface area (Å²) in [5.41, 5.74) is 9.36. The van der Waals surface area contributed by atoms with Crippen molar-refractivity contribution in [3.8, 4) is 11.5 Å². The lowest BCUT2D eigenvalue weighted by molar-refractivity contribution is 0.314. The van der Waals surface area contributed by atoms with Gasteiger partial charge >= 0.3 is 0 Å². The summed E-state index contributed by atoms with van der Waals surface area (Å²) in [5, 5.41) is 78.6. The fourth-order valence-corrected chi connectivity index (χ4v) is 15.8. The highest BCUT2D eigenvalue weighted by atomic mass is 32.2. The van der Waals surface area contributed by atoms with E-state index in [1.165, 1.54) is 72.8 Å². The Bertz CT molecular complexity index is 7840. The van der Waals surface area contributed by atoms with Crippen molar-refractivity contribution >= 4 is 177 Å². The van der Waals surface area contributed by atoms with E-state index in [1.54, 1.807) is 172 Å². The molecule has 0 fully saturated rings. The fraction of sp³-hybridized carbons (Fsp3) is 0.161. The van der Waals surface area contributed by atoms with Gasteiger partial charge in [0.15, 0.2) is 0 Å². The van der Waals surface area contributed by atoms with Gasteiger partial charge in [-0.1, -0.05) is 55.5 Å². The molecule has 0 atom stereocenters. The first kappa shape index (κ1) is 101. The molecule has 2 aromatic heterocycles. The minimum Gasteiger partial charge on any atom is -0.493 e. The van der Waals surface area contributed by atoms with Gasteiger partial charge in [0.05, 0.1) is 114 Å². The number of azo groups is 8. The highest BCUT2D eigenvalue weighted by molar-refractivity contribution is 7.87. The van der Waals surface area contributed by atoms with E-state index in [1.807, 2.05) is 44.2 Å². The van der Waals surface area contributed by atoms with Crippen molar-refractivity contribution in [2.24, 2.45) is 81.8 Å². The van der Waals surface area contributed by atoms with E-state index in [0.717, 1.165) is 23.3 Å². The molecule has 0 aliphatic carbocycles. The van der Waals surface area contributed by atoms with E-state index in [-0.39, 0.29) is 113 Å². The van der Waals surface area contributed by atoms with Crippen LogP contribution in [0.25, 0.3) is 0 Å². The Morgan fingerprint density at radius 1 is 0.340 bits per heavy atom. The molecule has 0 saturated carbocycles. The Morgan fingerprint density at radius 3 is 1.21 bits per heavy atom. The zero-order valence-electron chi connectivity index (χ0n) is 75.6. The van der Waals surface area contributed by atoms with Crippen LogP contribution < -0.4 is 30.3 Å². The van der Waals surface area contributed by atoms with Crippen LogP contribution >= 0.6 is 0 Å². The standard InChI is InChI=1S/C93H86N26O17S5/c1-7-45-135-84-56-81(118-116-80-42-34-74(55-87(80)141(132,133)134)112-104-65-17-12-9-13-18-65)59(3)49-63(84)53-89-97-88(52-62-19-39-77(58(2)48-62)113-109-68-24-20-66(21-25-68)105-107-70-28-35-75(36-29-70)138(123,124)125)98-90(99-89)94-43-44-119(6)93-101-91(95-72-32-40-78(60(4)50-72)114-115-79-41-33-73(54-86(79)140(129,130)131)111-103-64-15-10-8-11-16-64)100-92(102-93)96-83-51-61(5)82(57-85(83)136-46-14-47-137(120,121)122)117-110-69-26-22-67(23-27-69)106-108-71-30-37-76(38-31-71)139(126,127)128/h8-13,15-42,48-51,54-57H,7,14,43-47,52-53H2,1-6H3,(H,120,121,122)(H,123,124,125)(H,126,127,128)(H,129,130,131)(H,132,133,134)(H,94,97,98,99)(H2,95,96,100,101,102). The molecular formula is C93H86N26O17S5. The number of benzene rings is 12. The van der Waals surface area contributed by atoms with Gasteiger partial charge in [0.25, 0.3) is 50.6 Å². The Morgan fingerprint density at radius 2 is 0.730 bits per heavy atom. The van der Waals surface area contributed by atoms with Crippen molar-refractivity contribution in [2.45, 2.75) is 79.9 Å². The van der Waals surface area contributed by atoms with Crippen LogP contribution in [0, 0.1) is 27.7 Å². The number of hydrogen-bond acceptors (Lipinski definition) is 38. The number of rotatable bonds is 41. The maximum absolute atomic E-state index is 12.9. The van der Waals surface area contributed by atoms with E-state index in [0.29, 0.717) is 120 Å². The zero-order chi connectivity index (χ0) is 100. The first-order valence-electron chi connectivity index (χ1n) is 42.6. The van der Waals surface area contributed by atoms with E-state index < -0.39 is 66.1 Å². The number of aromatic nitrogens is 6. The van der Waals surface area contributed by atoms with Crippen LogP contribution in [0.3, 0.4) is 0 Å². The zero-order valence-corrected chi connectivity index (χ0v) is 79.7. The minimum absolute atomic E-state index is 0.00886. The molecule has 48 heteroatoms. The molecule has 0 aliphatic heterocycles. The van der Waals surface area contributed by atoms with E-state index >= 15 is 0 Å². The van der Waals surface area contributed by atoms with E-state index in [2.05, 4.69) is 97.8 Å². The third-order valence-corrected chi connectivity index (χ3v) is 24.5. The largest absolute Gasteiger partial charge is 0.493 e. The predicted octanol–water partition coefficient (Wildman–Crippen LogP) is 24.3. The molecule has 14 aromatic rings. The summed E-state index contributed by atoms with van der Waals surface area (Å²) in [6.45, 7) is 9.40. The summed E-state index contributed by atoms with van der Waals surface area (Å²) < 4.78 is 183. The Kier molecular flexibility index (Phi) is 32.4. The third kappa shape index (κ3) is 29.4. The Labute approximate surface area is 808 Å². The molecule has 0 amide bonds. The summed E-state index contributed by atoms with van der Waals surface area (Å²) >= 11 is 0. The average Bonchev–Trinajstić information content (AvgIpc) is 0.815. The Hall–Kier alpha value is -16.2. The molecular weight excluding hydrogens is 1910 g/mol. The molecule has 0 unspecified atom stereocenters. The average molecular weight is 2000 g/mol. The molecule has 720 valence electrons. The number of ether oxygens (including phenoxy) is 2. The van der Waals surface area contributed by atoms with Gasteiger partial charge in [0, 0.05) is 56.4 Å². The smallest absolute Gasteiger partial charge is 0.296 e. The van der Waals surface area contributed by atoms with Crippen molar-refractivity contribution in [2.75, 3.05) is 60.0 Å². The lowest BCUT2D eigenvalue weighted by atomic mass is 10.0. The summed E-state index contributed by atoms with van der Waals surface area (Å²) in [4.78, 5) is 29.6. The quantitative estimate of drug-likeness (QED) is 0.0100. The molecule has 43 nitrogen and oxygen atoms in total. The van der Waals surface area contributed by atoms with E-state index in [9.17, 15) is 64.9 Å². The van der Waals surface area contributed by atoms with Gasteiger partial charge in [0.1, 0.15) is 44.3 Å². The second kappa shape index (κ2) is 45.4. The monoisotopic (exact) mass is 2000 g/mol. The van der Waals surface area contributed by atoms with Crippen LogP contribution in [0.5, 0.6) is 11.5 Å². The molecule has 0 bridgehead atoms. The lowest BCUT2D eigenvalue weighted by Gasteiger charge is -2.20. The lowest BCUT2D eigenvalue weighted by Crippen LogP contribution is -2.28. The van der Waals surface area contributed by atoms with Gasteiger partial charge < -0.3 is 30.3 Å². The highest BCUT2D eigenvalue weighted by Gasteiger charge is 2.24. The first-order chi connectivity index (χ1) is 67.4. The number of hydrogen-bond donors (Lipinski definition) is 8. The summed E-state index contributed by atoms with van der Waals surface area (Å²) in [5.74, 6) is 0.729. The van der Waals surface area contributed by atoms with Gasteiger partial charge in [-0.25, -0.2) is 4.98 Å². The summed E-state index contributed by atoms with van der Waals surface area (Å²) in [6.07, 6.45) is 0.723. The normalized spacial score (nSPS) is 12.4. The topological polar surface area (TPSA) is 605 Å². The van der Waals surface area contributed by atoms with E-state index in [4.69, 9.17) is 39.4 Å². The molecule has 0 saturated heterocycles. The van der Waals surface area contributed by atoms with Crippen molar-refractivity contribution < 1.29 is 74.3 Å². The Balaban J connectivity index is 0.764.